The lowest BCUT2D eigenvalue weighted by Crippen LogP contribution is -2.24. The second-order valence-electron chi connectivity index (χ2n) is 7.42. The lowest BCUT2D eigenvalue weighted by Gasteiger charge is -2.23. The van der Waals surface area contributed by atoms with Crippen molar-refractivity contribution in [3.05, 3.63) is 88.0 Å². The number of guanidine groups is 1. The van der Waals surface area contributed by atoms with Gasteiger partial charge in [-0.15, -0.1) is 11.8 Å². The van der Waals surface area contributed by atoms with Gasteiger partial charge in [0.25, 0.3) is 6.43 Å². The molecule has 0 fully saturated rings. The third kappa shape index (κ3) is 3.56. The summed E-state index contributed by atoms with van der Waals surface area (Å²) < 4.78 is 28.5. The maximum absolute atomic E-state index is 14.2. The summed E-state index contributed by atoms with van der Waals surface area (Å²) >= 11 is 1.58. The topological polar surface area (TPSA) is 64.4 Å². The van der Waals surface area contributed by atoms with Gasteiger partial charge in [-0.2, -0.15) is 0 Å². The molecule has 0 bridgehead atoms. The molecule has 3 nitrogen and oxygen atoms in total. The standard InChI is InChI=1S/C24H23F2N3S/c1-13-10-19(23(25)26)21(18-12-14-6-3-4-9-17(14)20(13)18)22(29-24(27)28)15-7-5-8-16(11-15)30-2/h3-11,22-23H,12H2,1-2H3,(H4,27,28,29). The van der Waals surface area contributed by atoms with E-state index < -0.39 is 12.5 Å². The van der Waals surface area contributed by atoms with Gasteiger partial charge in [-0.05, 0) is 76.7 Å². The summed E-state index contributed by atoms with van der Waals surface area (Å²) in [5.41, 5.74) is 17.8. The van der Waals surface area contributed by atoms with Crippen molar-refractivity contribution in [3.8, 4) is 11.1 Å². The van der Waals surface area contributed by atoms with Crippen molar-refractivity contribution < 1.29 is 8.78 Å². The molecule has 0 radical (unpaired) electrons. The predicted octanol–water partition coefficient (Wildman–Crippen LogP) is 5.59. The van der Waals surface area contributed by atoms with Crippen molar-refractivity contribution in [3.63, 3.8) is 0 Å². The van der Waals surface area contributed by atoms with Crippen molar-refractivity contribution in [1.82, 2.24) is 0 Å². The number of nitrogens with zero attached hydrogens (tertiary/aromatic N) is 1. The second kappa shape index (κ2) is 8.11. The molecule has 30 heavy (non-hydrogen) atoms. The van der Waals surface area contributed by atoms with E-state index in [1.807, 2.05) is 61.7 Å². The van der Waals surface area contributed by atoms with E-state index in [-0.39, 0.29) is 11.5 Å². The molecule has 0 aromatic heterocycles. The number of aliphatic imine (C=N–C) groups is 1. The van der Waals surface area contributed by atoms with Gasteiger partial charge in [-0.25, -0.2) is 13.8 Å². The SMILES string of the molecule is CSc1cccc(C(N=C(N)N)c2c(C(F)F)cc(C)c3c2Cc2ccccc2-3)c1. The molecule has 3 aromatic carbocycles. The maximum atomic E-state index is 14.2. The zero-order valence-corrected chi connectivity index (χ0v) is 17.6. The normalized spacial score (nSPS) is 13.1. The van der Waals surface area contributed by atoms with Crippen LogP contribution in [0.4, 0.5) is 8.78 Å². The van der Waals surface area contributed by atoms with Gasteiger partial charge in [0.05, 0.1) is 0 Å². The zero-order valence-electron chi connectivity index (χ0n) is 16.8. The highest BCUT2D eigenvalue weighted by atomic mass is 32.2. The van der Waals surface area contributed by atoms with E-state index in [1.54, 1.807) is 17.8 Å². The average Bonchev–Trinajstić information content (AvgIpc) is 3.12. The smallest absolute Gasteiger partial charge is 0.264 e. The monoisotopic (exact) mass is 423 g/mol. The van der Waals surface area contributed by atoms with E-state index in [2.05, 4.69) is 4.99 Å². The Balaban J connectivity index is 2.03. The van der Waals surface area contributed by atoms with Gasteiger partial charge in [0.1, 0.15) is 6.04 Å². The highest BCUT2D eigenvalue weighted by molar-refractivity contribution is 7.98. The summed E-state index contributed by atoms with van der Waals surface area (Å²) in [4.78, 5) is 5.46. The maximum Gasteiger partial charge on any atom is 0.264 e. The van der Waals surface area contributed by atoms with Crippen LogP contribution in [0, 0.1) is 6.92 Å². The van der Waals surface area contributed by atoms with Crippen molar-refractivity contribution in [2.24, 2.45) is 16.5 Å². The molecule has 154 valence electrons. The summed E-state index contributed by atoms with van der Waals surface area (Å²) in [6.45, 7) is 1.89. The van der Waals surface area contributed by atoms with Gasteiger partial charge in [0.15, 0.2) is 5.96 Å². The Morgan fingerprint density at radius 3 is 2.53 bits per heavy atom. The van der Waals surface area contributed by atoms with E-state index >= 15 is 0 Å². The fraction of sp³-hybridized carbons (Fsp3) is 0.208. The summed E-state index contributed by atoms with van der Waals surface area (Å²) in [5, 5.41) is 0. The van der Waals surface area contributed by atoms with Crippen molar-refractivity contribution in [2.45, 2.75) is 30.7 Å². The molecule has 0 aliphatic heterocycles. The first kappa shape index (κ1) is 20.4. The minimum Gasteiger partial charge on any atom is -0.370 e. The fourth-order valence-electron chi connectivity index (χ4n) is 4.37. The van der Waals surface area contributed by atoms with Gasteiger partial charge in [0.2, 0.25) is 0 Å². The largest absolute Gasteiger partial charge is 0.370 e. The van der Waals surface area contributed by atoms with E-state index in [1.165, 1.54) is 0 Å². The molecule has 4 rings (SSSR count). The fourth-order valence-corrected chi connectivity index (χ4v) is 4.84. The van der Waals surface area contributed by atoms with Gasteiger partial charge < -0.3 is 11.5 Å². The molecule has 4 N–H and O–H groups in total. The Kier molecular flexibility index (Phi) is 5.52. The van der Waals surface area contributed by atoms with Crippen LogP contribution in [0.1, 0.15) is 45.8 Å². The molecule has 1 aliphatic carbocycles. The molecule has 0 heterocycles. The van der Waals surface area contributed by atoms with E-state index in [0.29, 0.717) is 12.0 Å². The summed E-state index contributed by atoms with van der Waals surface area (Å²) in [6, 6.07) is 16.7. The van der Waals surface area contributed by atoms with Crippen molar-refractivity contribution in [1.29, 1.82) is 0 Å². The summed E-state index contributed by atoms with van der Waals surface area (Å²) in [5.74, 6) is -0.125. The average molecular weight is 424 g/mol. The first-order valence-corrected chi connectivity index (χ1v) is 10.9. The number of alkyl halides is 2. The Bertz CT molecular complexity index is 1140. The second-order valence-corrected chi connectivity index (χ2v) is 8.30. The molecule has 0 saturated carbocycles. The van der Waals surface area contributed by atoms with E-state index in [0.717, 1.165) is 38.3 Å². The number of thioether (sulfide) groups is 1. The van der Waals surface area contributed by atoms with Crippen LogP contribution >= 0.6 is 11.8 Å². The van der Waals surface area contributed by atoms with Crippen LogP contribution in [0.5, 0.6) is 0 Å². The van der Waals surface area contributed by atoms with Crippen LogP contribution in [0.3, 0.4) is 0 Å². The van der Waals surface area contributed by atoms with Gasteiger partial charge >= 0.3 is 0 Å². The number of hydrogen-bond donors (Lipinski definition) is 2. The minimum absolute atomic E-state index is 0.0105. The zero-order chi connectivity index (χ0) is 21.4. The molecule has 3 aromatic rings. The van der Waals surface area contributed by atoms with Crippen molar-refractivity contribution in [2.75, 3.05) is 6.26 Å². The third-order valence-electron chi connectivity index (χ3n) is 5.55. The van der Waals surface area contributed by atoms with E-state index in [9.17, 15) is 8.78 Å². The van der Waals surface area contributed by atoms with Gasteiger partial charge in [0, 0.05) is 10.5 Å². The molecular weight excluding hydrogens is 400 g/mol. The molecule has 0 spiro atoms. The number of nitrogens with two attached hydrogens (primary N) is 2. The highest BCUT2D eigenvalue weighted by Gasteiger charge is 2.32. The van der Waals surface area contributed by atoms with Crippen molar-refractivity contribution >= 4 is 17.7 Å². The van der Waals surface area contributed by atoms with Crippen LogP contribution < -0.4 is 11.5 Å². The number of aryl methyl sites for hydroxylation is 1. The Hall–Kier alpha value is -2.86. The Morgan fingerprint density at radius 2 is 1.83 bits per heavy atom. The highest BCUT2D eigenvalue weighted by Crippen LogP contribution is 2.47. The number of benzene rings is 3. The van der Waals surface area contributed by atoms with Crippen LogP contribution in [-0.2, 0) is 6.42 Å². The van der Waals surface area contributed by atoms with Crippen LogP contribution in [0.15, 0.2) is 64.5 Å². The van der Waals surface area contributed by atoms with Crippen LogP contribution in [0.25, 0.3) is 11.1 Å². The first-order valence-electron chi connectivity index (χ1n) is 9.66. The van der Waals surface area contributed by atoms with Gasteiger partial charge in [-0.1, -0.05) is 36.4 Å². The number of fused-ring (bicyclic) bond motifs is 3. The molecule has 1 unspecified atom stereocenters. The molecule has 0 saturated heterocycles. The first-order chi connectivity index (χ1) is 14.4. The molecular formula is C24H23F2N3S. The lowest BCUT2D eigenvalue weighted by molar-refractivity contribution is 0.150. The molecule has 6 heteroatoms. The third-order valence-corrected chi connectivity index (χ3v) is 6.28. The number of halogens is 2. The molecule has 0 amide bonds. The molecule has 1 aliphatic rings. The quantitative estimate of drug-likeness (QED) is 0.250. The number of rotatable bonds is 5. The van der Waals surface area contributed by atoms with E-state index in [4.69, 9.17) is 11.5 Å². The predicted molar refractivity (Wildman–Crippen MR) is 120 cm³/mol. The summed E-state index contributed by atoms with van der Waals surface area (Å²) in [7, 11) is 0. The Morgan fingerprint density at radius 1 is 1.07 bits per heavy atom. The van der Waals surface area contributed by atoms with Crippen LogP contribution in [0.2, 0.25) is 0 Å². The van der Waals surface area contributed by atoms with Crippen LogP contribution in [-0.4, -0.2) is 12.2 Å². The lowest BCUT2D eigenvalue weighted by atomic mass is 9.86. The Labute approximate surface area is 179 Å². The molecule has 1 atom stereocenters. The van der Waals surface area contributed by atoms with Gasteiger partial charge in [-0.3, -0.25) is 0 Å². The summed E-state index contributed by atoms with van der Waals surface area (Å²) in [6.07, 6.45) is -0.0754. The minimum atomic E-state index is -2.63. The number of hydrogen-bond acceptors (Lipinski definition) is 2.